The van der Waals surface area contributed by atoms with Crippen molar-refractivity contribution in [3.05, 3.63) is 24.3 Å². The van der Waals surface area contributed by atoms with Crippen LogP contribution >= 0.6 is 15.9 Å². The van der Waals surface area contributed by atoms with Crippen molar-refractivity contribution in [3.8, 4) is 0 Å². The number of methoxy groups -OCH3 is 1. The SMILES string of the molecule is C=C(C)C(Br)CCC(C)CC=CC(=O)OC. The van der Waals surface area contributed by atoms with E-state index in [1.54, 1.807) is 0 Å². The van der Waals surface area contributed by atoms with Gasteiger partial charge in [-0.2, -0.15) is 0 Å². The van der Waals surface area contributed by atoms with E-state index in [4.69, 9.17) is 0 Å². The fourth-order valence-electron chi connectivity index (χ4n) is 1.26. The predicted molar refractivity (Wildman–Crippen MR) is 71.7 cm³/mol. The van der Waals surface area contributed by atoms with Gasteiger partial charge in [0.15, 0.2) is 0 Å². The number of carbonyl (C=O) groups is 1. The Kier molecular flexibility index (Phi) is 8.26. The monoisotopic (exact) mass is 288 g/mol. The van der Waals surface area contributed by atoms with Crippen molar-refractivity contribution in [1.29, 1.82) is 0 Å². The molecule has 0 fully saturated rings. The average molecular weight is 289 g/mol. The third kappa shape index (κ3) is 7.69. The first-order chi connectivity index (χ1) is 7.47. The molecule has 0 saturated heterocycles. The lowest BCUT2D eigenvalue weighted by Crippen LogP contribution is -2.02. The predicted octanol–water partition coefficient (Wildman–Crippen LogP) is 3.86. The van der Waals surface area contributed by atoms with Crippen LogP contribution in [0.2, 0.25) is 0 Å². The highest BCUT2D eigenvalue weighted by molar-refractivity contribution is 9.09. The van der Waals surface area contributed by atoms with Gasteiger partial charge in [-0.15, -0.1) is 0 Å². The zero-order chi connectivity index (χ0) is 12.6. The number of halogens is 1. The molecule has 0 rings (SSSR count). The number of ether oxygens (including phenoxy) is 1. The van der Waals surface area contributed by atoms with E-state index in [0.29, 0.717) is 10.7 Å². The van der Waals surface area contributed by atoms with Crippen LogP contribution in [0, 0.1) is 5.92 Å². The van der Waals surface area contributed by atoms with Gasteiger partial charge in [0.05, 0.1) is 7.11 Å². The molecule has 0 N–H and O–H groups in total. The summed E-state index contributed by atoms with van der Waals surface area (Å²) in [6.45, 7) is 8.12. The van der Waals surface area contributed by atoms with Crippen molar-refractivity contribution in [1.82, 2.24) is 0 Å². The first kappa shape index (κ1) is 15.4. The van der Waals surface area contributed by atoms with Crippen LogP contribution in [0.1, 0.15) is 33.1 Å². The lowest BCUT2D eigenvalue weighted by molar-refractivity contribution is -0.134. The molecule has 0 saturated carbocycles. The highest BCUT2D eigenvalue weighted by Gasteiger charge is 2.07. The Labute approximate surface area is 107 Å². The number of allylic oxidation sites excluding steroid dienone is 2. The molecule has 2 atom stereocenters. The zero-order valence-electron chi connectivity index (χ0n) is 10.3. The Balaban J connectivity index is 3.74. The Bertz CT molecular complexity index is 259. The van der Waals surface area contributed by atoms with Crippen LogP contribution in [-0.4, -0.2) is 17.9 Å². The summed E-state index contributed by atoms with van der Waals surface area (Å²) in [7, 11) is 1.39. The van der Waals surface area contributed by atoms with E-state index in [2.05, 4.69) is 34.2 Å². The first-order valence-electron chi connectivity index (χ1n) is 5.51. The summed E-state index contributed by atoms with van der Waals surface area (Å²) in [6, 6.07) is 0. The fraction of sp³-hybridized carbons (Fsp3) is 0.615. The maximum atomic E-state index is 10.8. The van der Waals surface area contributed by atoms with Crippen LogP contribution in [0.5, 0.6) is 0 Å². The second kappa shape index (κ2) is 8.57. The van der Waals surface area contributed by atoms with E-state index in [1.165, 1.54) is 13.2 Å². The molecule has 0 radical (unpaired) electrons. The zero-order valence-corrected chi connectivity index (χ0v) is 11.9. The third-order valence-electron chi connectivity index (χ3n) is 2.44. The molecule has 0 aliphatic rings. The van der Waals surface area contributed by atoms with Crippen LogP contribution in [0.4, 0.5) is 0 Å². The van der Waals surface area contributed by atoms with Gasteiger partial charge in [-0.25, -0.2) is 4.79 Å². The van der Waals surface area contributed by atoms with Gasteiger partial charge in [-0.1, -0.05) is 41.1 Å². The Hall–Kier alpha value is -0.570. The van der Waals surface area contributed by atoms with E-state index in [9.17, 15) is 4.79 Å². The van der Waals surface area contributed by atoms with Crippen molar-refractivity contribution in [2.45, 2.75) is 37.9 Å². The van der Waals surface area contributed by atoms with Crippen LogP contribution < -0.4 is 0 Å². The molecule has 3 heteroatoms. The third-order valence-corrected chi connectivity index (χ3v) is 3.68. The van der Waals surface area contributed by atoms with Crippen molar-refractivity contribution < 1.29 is 9.53 Å². The molecule has 16 heavy (non-hydrogen) atoms. The molecule has 0 amide bonds. The van der Waals surface area contributed by atoms with Crippen LogP contribution in [0.3, 0.4) is 0 Å². The van der Waals surface area contributed by atoms with Gasteiger partial charge in [0, 0.05) is 10.9 Å². The van der Waals surface area contributed by atoms with Crippen LogP contribution in [0.25, 0.3) is 0 Å². The minimum absolute atomic E-state index is 0.285. The minimum Gasteiger partial charge on any atom is -0.466 e. The number of carbonyl (C=O) groups excluding carboxylic acids is 1. The van der Waals surface area contributed by atoms with Crippen molar-refractivity contribution in [3.63, 3.8) is 0 Å². The minimum atomic E-state index is -0.285. The number of hydrogen-bond donors (Lipinski definition) is 0. The molecule has 0 aromatic carbocycles. The van der Waals surface area contributed by atoms with Crippen molar-refractivity contribution >= 4 is 21.9 Å². The smallest absolute Gasteiger partial charge is 0.330 e. The van der Waals surface area contributed by atoms with Gasteiger partial charge >= 0.3 is 5.97 Å². The van der Waals surface area contributed by atoms with E-state index in [-0.39, 0.29) is 5.97 Å². The summed E-state index contributed by atoms with van der Waals surface area (Å²) < 4.78 is 4.52. The molecule has 0 bridgehead atoms. The van der Waals surface area contributed by atoms with Gasteiger partial charge in [-0.3, -0.25) is 0 Å². The van der Waals surface area contributed by atoms with Gasteiger partial charge in [0.25, 0.3) is 0 Å². The highest BCUT2D eigenvalue weighted by Crippen LogP contribution is 2.20. The van der Waals surface area contributed by atoms with E-state index >= 15 is 0 Å². The summed E-state index contributed by atoms with van der Waals surface area (Å²) in [5, 5.41) is 0. The second-order valence-corrected chi connectivity index (χ2v) is 5.26. The molecule has 0 aromatic heterocycles. The largest absolute Gasteiger partial charge is 0.466 e. The highest BCUT2D eigenvalue weighted by atomic mass is 79.9. The molecule has 2 unspecified atom stereocenters. The van der Waals surface area contributed by atoms with Gasteiger partial charge in [-0.05, 0) is 32.1 Å². The average Bonchev–Trinajstić information content (AvgIpc) is 2.25. The van der Waals surface area contributed by atoms with Crippen LogP contribution in [0.15, 0.2) is 24.3 Å². The molecule has 0 aliphatic heterocycles. The molecule has 0 spiro atoms. The normalized spacial score (nSPS) is 14.8. The van der Waals surface area contributed by atoms with E-state index in [1.807, 2.05) is 13.0 Å². The standard InChI is InChI=1S/C13H21BrO2/c1-10(2)12(14)9-8-11(3)6-5-7-13(15)16-4/h5,7,11-12H,1,6,8-9H2,2-4H3. The molecule has 0 aromatic rings. The molecule has 2 nitrogen and oxygen atoms in total. The van der Waals surface area contributed by atoms with Gasteiger partial charge in [0.2, 0.25) is 0 Å². The van der Waals surface area contributed by atoms with Crippen molar-refractivity contribution in [2.24, 2.45) is 5.92 Å². The Morgan fingerprint density at radius 3 is 2.62 bits per heavy atom. The lowest BCUT2D eigenvalue weighted by atomic mass is 9.99. The molecular weight excluding hydrogens is 268 g/mol. The quantitative estimate of drug-likeness (QED) is 0.308. The Morgan fingerprint density at radius 1 is 1.50 bits per heavy atom. The summed E-state index contributed by atoms with van der Waals surface area (Å²) in [5.41, 5.74) is 1.16. The van der Waals surface area contributed by atoms with E-state index in [0.717, 1.165) is 24.8 Å². The van der Waals surface area contributed by atoms with Gasteiger partial charge in [0.1, 0.15) is 0 Å². The lowest BCUT2D eigenvalue weighted by Gasteiger charge is -2.12. The molecule has 0 heterocycles. The maximum Gasteiger partial charge on any atom is 0.330 e. The molecule has 92 valence electrons. The number of esters is 1. The van der Waals surface area contributed by atoms with Crippen molar-refractivity contribution in [2.75, 3.05) is 7.11 Å². The summed E-state index contributed by atoms with van der Waals surface area (Å²) in [6.07, 6.45) is 6.48. The summed E-state index contributed by atoms with van der Waals surface area (Å²) in [4.78, 5) is 11.2. The van der Waals surface area contributed by atoms with E-state index < -0.39 is 0 Å². The maximum absolute atomic E-state index is 10.8. The first-order valence-corrected chi connectivity index (χ1v) is 6.42. The number of rotatable bonds is 7. The second-order valence-electron chi connectivity index (χ2n) is 4.16. The van der Waals surface area contributed by atoms with Gasteiger partial charge < -0.3 is 4.74 Å². The fourth-order valence-corrected chi connectivity index (χ4v) is 1.52. The number of alkyl halides is 1. The Morgan fingerprint density at radius 2 is 2.12 bits per heavy atom. The summed E-state index contributed by atoms with van der Waals surface area (Å²) >= 11 is 3.58. The van der Waals surface area contributed by atoms with Crippen LogP contribution in [-0.2, 0) is 9.53 Å². The molecule has 0 aliphatic carbocycles. The summed E-state index contributed by atoms with van der Waals surface area (Å²) in [5.74, 6) is 0.285. The number of hydrogen-bond acceptors (Lipinski definition) is 2. The topological polar surface area (TPSA) is 26.3 Å². The molecular formula is C13H21BrO2.